The van der Waals surface area contributed by atoms with Crippen molar-refractivity contribution >= 4 is 17.5 Å². The molecule has 0 spiro atoms. The van der Waals surface area contributed by atoms with Gasteiger partial charge in [0.2, 0.25) is 0 Å². The number of halogens is 2. The number of carbonyl (C=O) groups is 1. The molecule has 1 unspecified atom stereocenters. The zero-order chi connectivity index (χ0) is 16.1. The number of carbonyl (C=O) groups excluding carboxylic acids is 1. The van der Waals surface area contributed by atoms with E-state index in [-0.39, 0.29) is 17.5 Å². The smallest absolute Gasteiger partial charge is 0.251 e. The van der Waals surface area contributed by atoms with Crippen LogP contribution in [-0.4, -0.2) is 24.7 Å². The van der Waals surface area contributed by atoms with Gasteiger partial charge in [0, 0.05) is 12.1 Å². The Morgan fingerprint density at radius 3 is 2.59 bits per heavy atom. The number of amides is 1. The van der Waals surface area contributed by atoms with E-state index >= 15 is 0 Å². The Bertz CT molecular complexity index is 661. The van der Waals surface area contributed by atoms with Crippen molar-refractivity contribution in [1.29, 1.82) is 0 Å². The van der Waals surface area contributed by atoms with E-state index in [4.69, 9.17) is 16.3 Å². The number of methoxy groups -OCH3 is 1. The van der Waals surface area contributed by atoms with Gasteiger partial charge < -0.3 is 15.2 Å². The average Bonchev–Trinajstić information content (AvgIpc) is 2.54. The maximum Gasteiger partial charge on any atom is 0.251 e. The zero-order valence-corrected chi connectivity index (χ0v) is 12.6. The van der Waals surface area contributed by atoms with E-state index in [1.54, 1.807) is 24.3 Å². The number of benzene rings is 2. The zero-order valence-electron chi connectivity index (χ0n) is 11.8. The van der Waals surface area contributed by atoms with Crippen molar-refractivity contribution in [3.05, 3.63) is 64.4 Å². The molecule has 22 heavy (non-hydrogen) atoms. The molecule has 0 aromatic heterocycles. The minimum atomic E-state index is -1.02. The first kappa shape index (κ1) is 16.3. The quantitative estimate of drug-likeness (QED) is 0.889. The van der Waals surface area contributed by atoms with Gasteiger partial charge in [-0.05, 0) is 42.0 Å². The third-order valence-corrected chi connectivity index (χ3v) is 3.44. The molecule has 1 amide bonds. The summed E-state index contributed by atoms with van der Waals surface area (Å²) in [6.45, 7) is -0.0358. The van der Waals surface area contributed by atoms with Crippen LogP contribution in [0.4, 0.5) is 4.39 Å². The number of hydrogen-bond acceptors (Lipinski definition) is 3. The molecule has 0 heterocycles. The molecule has 2 rings (SSSR count). The molecule has 0 bridgehead atoms. The molecule has 6 heteroatoms. The highest BCUT2D eigenvalue weighted by Gasteiger charge is 2.12. The lowest BCUT2D eigenvalue weighted by atomic mass is 10.1. The van der Waals surface area contributed by atoms with E-state index in [1.165, 1.54) is 19.2 Å². The fourth-order valence-electron chi connectivity index (χ4n) is 1.87. The first-order valence-corrected chi connectivity index (χ1v) is 6.94. The first-order valence-electron chi connectivity index (χ1n) is 6.56. The average molecular weight is 324 g/mol. The number of aliphatic hydroxyl groups excluding tert-OH is 1. The van der Waals surface area contributed by atoms with Crippen molar-refractivity contribution in [2.75, 3.05) is 13.7 Å². The number of nitrogens with one attached hydrogen (secondary N) is 1. The van der Waals surface area contributed by atoms with Crippen molar-refractivity contribution < 1.29 is 19.0 Å². The predicted molar refractivity (Wildman–Crippen MR) is 81.7 cm³/mol. The van der Waals surface area contributed by atoms with Gasteiger partial charge in [-0.1, -0.05) is 17.7 Å². The van der Waals surface area contributed by atoms with Crippen molar-refractivity contribution in [3.8, 4) is 5.75 Å². The summed E-state index contributed by atoms with van der Waals surface area (Å²) < 4.78 is 18.3. The molecule has 0 aliphatic rings. The van der Waals surface area contributed by atoms with Gasteiger partial charge in [0.25, 0.3) is 5.91 Å². The van der Waals surface area contributed by atoms with E-state index < -0.39 is 11.9 Å². The second-order valence-electron chi connectivity index (χ2n) is 4.63. The van der Waals surface area contributed by atoms with Crippen molar-refractivity contribution in [3.63, 3.8) is 0 Å². The van der Waals surface area contributed by atoms with E-state index in [9.17, 15) is 14.3 Å². The highest BCUT2D eigenvalue weighted by atomic mass is 35.5. The molecular weight excluding hydrogens is 309 g/mol. The molecule has 0 radical (unpaired) electrons. The molecule has 0 saturated carbocycles. The Balaban J connectivity index is 1.95. The van der Waals surface area contributed by atoms with Crippen LogP contribution in [0.5, 0.6) is 5.75 Å². The Morgan fingerprint density at radius 2 is 2.00 bits per heavy atom. The van der Waals surface area contributed by atoms with Crippen molar-refractivity contribution in [1.82, 2.24) is 5.32 Å². The summed E-state index contributed by atoms with van der Waals surface area (Å²) in [6.07, 6.45) is -1.02. The first-order chi connectivity index (χ1) is 10.5. The van der Waals surface area contributed by atoms with E-state index in [0.29, 0.717) is 16.9 Å². The van der Waals surface area contributed by atoms with Gasteiger partial charge in [0.1, 0.15) is 11.6 Å². The molecule has 116 valence electrons. The van der Waals surface area contributed by atoms with Crippen molar-refractivity contribution in [2.24, 2.45) is 0 Å². The fraction of sp³-hybridized carbons (Fsp3) is 0.188. The topological polar surface area (TPSA) is 58.6 Å². The minimum absolute atomic E-state index is 0.0155. The third-order valence-electron chi connectivity index (χ3n) is 3.14. The Morgan fingerprint density at radius 1 is 1.32 bits per heavy atom. The van der Waals surface area contributed by atoms with Crippen LogP contribution in [0.25, 0.3) is 0 Å². The molecule has 2 aromatic rings. The molecule has 4 nitrogen and oxygen atoms in total. The maximum atomic E-state index is 13.3. The van der Waals surface area contributed by atoms with Gasteiger partial charge in [0.15, 0.2) is 0 Å². The molecule has 2 aromatic carbocycles. The van der Waals surface area contributed by atoms with Crippen LogP contribution in [0, 0.1) is 5.82 Å². The van der Waals surface area contributed by atoms with Gasteiger partial charge in [-0.3, -0.25) is 4.79 Å². The molecule has 0 fully saturated rings. The normalized spacial score (nSPS) is 11.8. The van der Waals surface area contributed by atoms with Gasteiger partial charge in [-0.2, -0.15) is 0 Å². The molecule has 2 N–H and O–H groups in total. The van der Waals surface area contributed by atoms with Gasteiger partial charge in [-0.15, -0.1) is 0 Å². The molecular formula is C16H15ClFNO3. The second kappa shape index (κ2) is 7.24. The van der Waals surface area contributed by atoms with Crippen molar-refractivity contribution in [2.45, 2.75) is 6.10 Å². The fourth-order valence-corrected chi connectivity index (χ4v) is 1.99. The van der Waals surface area contributed by atoms with Crippen LogP contribution in [0.3, 0.4) is 0 Å². The maximum absolute atomic E-state index is 13.3. The summed E-state index contributed by atoms with van der Waals surface area (Å²) in [6, 6.07) is 10.6. The van der Waals surface area contributed by atoms with Gasteiger partial charge in [0.05, 0.1) is 18.2 Å². The van der Waals surface area contributed by atoms with Crippen LogP contribution < -0.4 is 10.1 Å². The molecule has 0 saturated heterocycles. The molecule has 0 aliphatic carbocycles. The van der Waals surface area contributed by atoms with Crippen LogP contribution in [0.1, 0.15) is 22.0 Å². The number of ether oxygens (including phenoxy) is 1. The lowest BCUT2D eigenvalue weighted by Crippen LogP contribution is -2.28. The van der Waals surface area contributed by atoms with E-state index in [1.807, 2.05) is 0 Å². The summed E-state index contributed by atoms with van der Waals surface area (Å²) in [4.78, 5) is 11.9. The Hall–Kier alpha value is -2.11. The lowest BCUT2D eigenvalue weighted by molar-refractivity contribution is 0.0916. The highest BCUT2D eigenvalue weighted by molar-refractivity contribution is 6.30. The van der Waals surface area contributed by atoms with E-state index in [0.717, 1.165) is 6.07 Å². The monoisotopic (exact) mass is 323 g/mol. The Kier molecular flexibility index (Phi) is 5.35. The van der Waals surface area contributed by atoms with Crippen LogP contribution in [0.2, 0.25) is 5.02 Å². The second-order valence-corrected chi connectivity index (χ2v) is 5.04. The number of aliphatic hydroxyl groups is 1. The number of hydrogen-bond donors (Lipinski definition) is 2. The molecule has 0 aliphatic heterocycles. The summed E-state index contributed by atoms with van der Waals surface area (Å²) >= 11 is 5.58. The minimum Gasteiger partial charge on any atom is -0.497 e. The summed E-state index contributed by atoms with van der Waals surface area (Å²) in [7, 11) is 1.54. The summed E-state index contributed by atoms with van der Waals surface area (Å²) in [5.41, 5.74) is 0.784. The summed E-state index contributed by atoms with van der Waals surface area (Å²) in [5.74, 6) is -0.302. The third kappa shape index (κ3) is 3.96. The predicted octanol–water partition coefficient (Wildman–Crippen LogP) is 2.95. The van der Waals surface area contributed by atoms with Crippen LogP contribution in [0.15, 0.2) is 42.5 Å². The van der Waals surface area contributed by atoms with Gasteiger partial charge >= 0.3 is 0 Å². The van der Waals surface area contributed by atoms with Gasteiger partial charge in [-0.25, -0.2) is 4.39 Å². The Labute approximate surface area is 132 Å². The SMILES string of the molecule is COc1ccc(C(=O)NCC(O)c2ccc(Cl)c(F)c2)cc1. The molecule has 1 atom stereocenters. The largest absolute Gasteiger partial charge is 0.497 e. The summed E-state index contributed by atoms with van der Waals surface area (Å²) in [5, 5.41) is 12.5. The van der Waals surface area contributed by atoms with Crippen LogP contribution >= 0.6 is 11.6 Å². The van der Waals surface area contributed by atoms with E-state index in [2.05, 4.69) is 5.32 Å². The van der Waals surface area contributed by atoms with Crippen LogP contribution in [-0.2, 0) is 0 Å². The number of rotatable bonds is 5. The standard InChI is InChI=1S/C16H15ClFNO3/c1-22-12-5-2-10(3-6-12)16(21)19-9-15(20)11-4-7-13(17)14(18)8-11/h2-8,15,20H,9H2,1H3,(H,19,21). The highest BCUT2D eigenvalue weighted by Crippen LogP contribution is 2.20. The lowest BCUT2D eigenvalue weighted by Gasteiger charge is -2.13.